The van der Waals surface area contributed by atoms with Crippen LogP contribution in [0.5, 0.6) is 11.5 Å². The Balaban J connectivity index is 1.53. The summed E-state index contributed by atoms with van der Waals surface area (Å²) in [6.45, 7) is 3.04. The summed E-state index contributed by atoms with van der Waals surface area (Å²) in [5, 5.41) is 12.2. The van der Waals surface area contributed by atoms with Crippen LogP contribution in [-0.2, 0) is 35.7 Å². The number of nitrogens with one attached hydrogen (secondary N) is 1. The summed E-state index contributed by atoms with van der Waals surface area (Å²) in [6, 6.07) is 23.9. The number of hydrogen-bond acceptors (Lipinski definition) is 5. The van der Waals surface area contributed by atoms with Gasteiger partial charge in [0, 0.05) is 31.6 Å². The molecular weight excluding hydrogens is 480 g/mol. The quantitative estimate of drug-likeness (QED) is 0.440. The van der Waals surface area contributed by atoms with Gasteiger partial charge in [0.1, 0.15) is 18.1 Å². The van der Waals surface area contributed by atoms with Crippen LogP contribution in [0.25, 0.3) is 0 Å². The highest BCUT2D eigenvalue weighted by Crippen LogP contribution is 2.25. The highest BCUT2D eigenvalue weighted by molar-refractivity contribution is 5.78. The number of benzene rings is 3. The summed E-state index contributed by atoms with van der Waals surface area (Å²) in [5.41, 5.74) is 4.04. The van der Waals surface area contributed by atoms with E-state index in [0.29, 0.717) is 39.3 Å². The second-order valence-electron chi connectivity index (χ2n) is 9.66. The molecule has 38 heavy (non-hydrogen) atoms. The number of rotatable bonds is 8. The predicted molar refractivity (Wildman–Crippen MR) is 146 cm³/mol. The maximum atomic E-state index is 12.8. The normalized spacial score (nSPS) is 15.1. The average molecular weight is 517 g/mol. The fraction of sp³-hybridized carbons (Fsp3) is 0.355. The Morgan fingerprint density at radius 3 is 2.61 bits per heavy atom. The fourth-order valence-electron chi connectivity index (χ4n) is 4.52. The van der Waals surface area contributed by atoms with Gasteiger partial charge in [-0.25, -0.2) is 0 Å². The number of amides is 1. The van der Waals surface area contributed by atoms with Gasteiger partial charge in [-0.15, -0.1) is 0 Å². The van der Waals surface area contributed by atoms with Gasteiger partial charge in [-0.05, 0) is 60.6 Å². The van der Waals surface area contributed by atoms with Crippen molar-refractivity contribution in [1.82, 2.24) is 10.2 Å². The van der Waals surface area contributed by atoms with Crippen molar-refractivity contribution in [2.24, 2.45) is 0 Å². The molecule has 0 aromatic heterocycles. The number of carbonyl (C=O) groups is 2. The number of ether oxygens (including phenoxy) is 2. The van der Waals surface area contributed by atoms with Crippen molar-refractivity contribution in [3.63, 3.8) is 0 Å². The summed E-state index contributed by atoms with van der Waals surface area (Å²) < 4.78 is 12.2. The third-order valence-electron chi connectivity index (χ3n) is 6.47. The molecule has 0 saturated carbocycles. The maximum absolute atomic E-state index is 12.8. The van der Waals surface area contributed by atoms with E-state index in [2.05, 4.69) is 10.2 Å². The summed E-state index contributed by atoms with van der Waals surface area (Å²) in [4.78, 5) is 26.0. The van der Waals surface area contributed by atoms with Crippen LogP contribution in [-0.4, -0.2) is 41.6 Å². The average Bonchev–Trinajstić information content (AvgIpc) is 2.93. The van der Waals surface area contributed by atoms with Gasteiger partial charge in [-0.2, -0.15) is 0 Å². The minimum Gasteiger partial charge on any atom is -0.493 e. The van der Waals surface area contributed by atoms with Crippen LogP contribution in [0.1, 0.15) is 47.9 Å². The van der Waals surface area contributed by atoms with Gasteiger partial charge < -0.3 is 19.9 Å². The third kappa shape index (κ3) is 8.92. The highest BCUT2D eigenvalue weighted by Gasteiger charge is 2.17. The van der Waals surface area contributed by atoms with Crippen LogP contribution < -0.4 is 14.8 Å². The van der Waals surface area contributed by atoms with Gasteiger partial charge in [0.25, 0.3) is 0 Å². The zero-order valence-electron chi connectivity index (χ0n) is 21.7. The number of nitrogens with zero attached hydrogens (tertiary/aromatic N) is 1. The third-order valence-corrected chi connectivity index (χ3v) is 6.47. The second-order valence-corrected chi connectivity index (χ2v) is 9.66. The van der Waals surface area contributed by atoms with Crippen molar-refractivity contribution in [3.8, 4) is 11.5 Å². The first-order valence-corrected chi connectivity index (χ1v) is 13.3. The van der Waals surface area contributed by atoms with Crippen molar-refractivity contribution >= 4 is 11.9 Å². The highest BCUT2D eigenvalue weighted by atomic mass is 16.5. The maximum Gasteiger partial charge on any atom is 0.303 e. The van der Waals surface area contributed by atoms with Crippen molar-refractivity contribution in [2.45, 2.75) is 51.8 Å². The van der Waals surface area contributed by atoms with Gasteiger partial charge in [-0.1, -0.05) is 54.6 Å². The lowest BCUT2D eigenvalue weighted by atomic mass is 10.0. The van der Waals surface area contributed by atoms with Crippen LogP contribution in [0.15, 0.2) is 72.8 Å². The van der Waals surface area contributed by atoms with E-state index in [1.807, 2.05) is 72.8 Å². The lowest BCUT2D eigenvalue weighted by Crippen LogP contribution is -2.37. The molecule has 0 bridgehead atoms. The van der Waals surface area contributed by atoms with Gasteiger partial charge >= 0.3 is 5.97 Å². The molecule has 1 heterocycles. The molecule has 200 valence electrons. The first kappa shape index (κ1) is 27.2. The Bertz CT molecular complexity index is 1200. The largest absolute Gasteiger partial charge is 0.493 e. The van der Waals surface area contributed by atoms with Crippen molar-refractivity contribution < 1.29 is 24.2 Å². The van der Waals surface area contributed by atoms with E-state index in [9.17, 15) is 9.59 Å². The van der Waals surface area contributed by atoms with E-state index in [4.69, 9.17) is 14.6 Å². The lowest BCUT2D eigenvalue weighted by Gasteiger charge is -2.24. The molecule has 0 spiro atoms. The topological polar surface area (TPSA) is 88.1 Å². The number of aliphatic carboxylic acids is 1. The summed E-state index contributed by atoms with van der Waals surface area (Å²) in [6.07, 6.45) is 3.32. The molecule has 3 aromatic rings. The smallest absolute Gasteiger partial charge is 0.303 e. The summed E-state index contributed by atoms with van der Waals surface area (Å²) >= 11 is 0. The minimum absolute atomic E-state index is 0.00905. The fourth-order valence-corrected chi connectivity index (χ4v) is 4.52. The van der Waals surface area contributed by atoms with Crippen LogP contribution in [0, 0.1) is 0 Å². The van der Waals surface area contributed by atoms with Crippen molar-refractivity contribution in [3.05, 3.63) is 95.1 Å². The number of fused-ring (bicyclic) bond motifs is 1. The Hall–Kier alpha value is -3.84. The molecule has 3 aromatic carbocycles. The minimum atomic E-state index is -0.821. The lowest BCUT2D eigenvalue weighted by molar-refractivity contribution is -0.137. The molecule has 0 saturated heterocycles. The molecule has 0 fully saturated rings. The molecule has 4 rings (SSSR count). The Morgan fingerprint density at radius 1 is 0.921 bits per heavy atom. The predicted octanol–water partition coefficient (Wildman–Crippen LogP) is 4.96. The monoisotopic (exact) mass is 516 g/mol. The zero-order chi connectivity index (χ0) is 26.6. The molecule has 7 nitrogen and oxygen atoms in total. The van der Waals surface area contributed by atoms with E-state index < -0.39 is 5.97 Å². The Morgan fingerprint density at radius 2 is 1.76 bits per heavy atom. The van der Waals surface area contributed by atoms with Crippen LogP contribution in [0.3, 0.4) is 0 Å². The van der Waals surface area contributed by atoms with Crippen LogP contribution in [0.2, 0.25) is 0 Å². The van der Waals surface area contributed by atoms with Crippen molar-refractivity contribution in [2.75, 3.05) is 19.7 Å². The molecule has 2 N–H and O–H groups in total. The van der Waals surface area contributed by atoms with E-state index in [1.54, 1.807) is 0 Å². The Labute approximate surface area is 224 Å². The van der Waals surface area contributed by atoms with E-state index >= 15 is 0 Å². The molecule has 0 aliphatic carbocycles. The van der Waals surface area contributed by atoms with E-state index in [-0.39, 0.29) is 18.9 Å². The Kier molecular flexibility index (Phi) is 10.2. The molecule has 1 amide bonds. The van der Waals surface area contributed by atoms with Crippen LogP contribution >= 0.6 is 0 Å². The van der Waals surface area contributed by atoms with E-state index in [1.165, 1.54) is 0 Å². The second kappa shape index (κ2) is 14.2. The molecule has 7 heteroatoms. The number of hydrogen-bond donors (Lipinski definition) is 2. The summed E-state index contributed by atoms with van der Waals surface area (Å²) in [5.74, 6) is 0.734. The number of carbonyl (C=O) groups excluding carboxylic acids is 1. The number of carboxylic acid groups (broad SMARTS) is 1. The molecule has 0 radical (unpaired) electrons. The number of aryl methyl sites for hydroxylation is 1. The first-order valence-electron chi connectivity index (χ1n) is 13.3. The first-order chi connectivity index (χ1) is 18.5. The van der Waals surface area contributed by atoms with Crippen LogP contribution in [0.4, 0.5) is 0 Å². The molecule has 0 unspecified atom stereocenters. The molecule has 1 aliphatic rings. The zero-order valence-corrected chi connectivity index (χ0v) is 21.7. The standard InChI is InChI=1S/C31H36N2O5/c34-30-22-33(20-26-10-7-11-28(19-26)38-23-25-8-3-1-4-9-25)21-27-18-24(13-15-31(35)36)12-14-29(27)37-17-6-2-5-16-32-30/h1,3-4,7-12,14,18-19H,2,5-6,13,15-17,20-23H2,(H,32,34)(H,35,36). The molecule has 1 aliphatic heterocycles. The summed E-state index contributed by atoms with van der Waals surface area (Å²) in [7, 11) is 0. The molecule has 0 atom stereocenters. The van der Waals surface area contributed by atoms with Crippen molar-refractivity contribution in [1.29, 1.82) is 0 Å². The van der Waals surface area contributed by atoms with Gasteiger partial charge in [0.2, 0.25) is 5.91 Å². The van der Waals surface area contributed by atoms with Gasteiger partial charge in [-0.3, -0.25) is 14.5 Å². The van der Waals surface area contributed by atoms with E-state index in [0.717, 1.165) is 53.0 Å². The SMILES string of the molecule is O=C(O)CCc1ccc2c(c1)CN(Cc1cccc(OCc3ccccc3)c1)CC(=O)NCCCCCO2. The van der Waals surface area contributed by atoms with Gasteiger partial charge in [0.05, 0.1) is 13.2 Å². The van der Waals surface area contributed by atoms with Gasteiger partial charge in [0.15, 0.2) is 0 Å². The molecular formula is C31H36N2O5. The number of carboxylic acids is 1.